The maximum absolute atomic E-state index is 12.5. The quantitative estimate of drug-likeness (QED) is 0.718. The van der Waals surface area contributed by atoms with Gasteiger partial charge in [-0.3, -0.25) is 4.79 Å². The number of nitrogens with zero attached hydrogens (tertiary/aromatic N) is 1. The van der Waals surface area contributed by atoms with Gasteiger partial charge >= 0.3 is 6.03 Å². The Morgan fingerprint density at radius 3 is 2.62 bits per heavy atom. The highest BCUT2D eigenvalue weighted by atomic mass is 35.5. The van der Waals surface area contributed by atoms with E-state index in [4.69, 9.17) is 27.9 Å². The minimum atomic E-state index is -0.161. The van der Waals surface area contributed by atoms with Gasteiger partial charge in [-0.05, 0) is 48.4 Å². The van der Waals surface area contributed by atoms with E-state index >= 15 is 0 Å². The second-order valence-corrected chi connectivity index (χ2v) is 8.04. The molecule has 2 N–H and O–H groups in total. The molecule has 1 saturated heterocycles. The number of nitrogens with one attached hydrogen (secondary N) is 2. The summed E-state index contributed by atoms with van der Waals surface area (Å²) in [5.41, 5.74) is 2.58. The van der Waals surface area contributed by atoms with Crippen LogP contribution in [0.3, 0.4) is 0 Å². The molecule has 29 heavy (non-hydrogen) atoms. The van der Waals surface area contributed by atoms with E-state index in [0.717, 1.165) is 36.3 Å². The molecule has 2 aliphatic heterocycles. The number of carbonyl (C=O) groups is 2. The van der Waals surface area contributed by atoms with Gasteiger partial charge < -0.3 is 20.3 Å². The Morgan fingerprint density at radius 2 is 1.86 bits per heavy atom. The number of halogens is 2. The minimum absolute atomic E-state index is 0.0534. The lowest BCUT2D eigenvalue weighted by molar-refractivity contribution is -0.116. The van der Waals surface area contributed by atoms with Gasteiger partial charge in [0.2, 0.25) is 5.91 Å². The van der Waals surface area contributed by atoms with E-state index in [0.29, 0.717) is 35.2 Å². The molecule has 0 spiro atoms. The summed E-state index contributed by atoms with van der Waals surface area (Å²) in [6, 6.07) is 10.6. The van der Waals surface area contributed by atoms with Gasteiger partial charge in [-0.2, -0.15) is 0 Å². The van der Waals surface area contributed by atoms with Gasteiger partial charge in [0.15, 0.2) is 0 Å². The third-order valence-electron chi connectivity index (χ3n) is 5.18. The SMILES string of the molecule is O=C1CCc2cc(OC3CCN(C(=O)Nc4ccc(Cl)c(Cl)c4)CC3)ccc2N1. The molecule has 2 heterocycles. The molecule has 0 radical (unpaired) electrons. The van der Waals surface area contributed by atoms with Crippen molar-refractivity contribution in [2.24, 2.45) is 0 Å². The van der Waals surface area contributed by atoms with Crippen LogP contribution in [0.4, 0.5) is 16.2 Å². The number of urea groups is 1. The Hall–Kier alpha value is -2.44. The molecule has 0 saturated carbocycles. The molecule has 1 fully saturated rings. The zero-order valence-corrected chi connectivity index (χ0v) is 17.2. The Labute approximate surface area is 179 Å². The molecule has 0 atom stereocenters. The van der Waals surface area contributed by atoms with Crippen molar-refractivity contribution >= 4 is 46.5 Å². The van der Waals surface area contributed by atoms with Crippen molar-refractivity contribution < 1.29 is 14.3 Å². The lowest BCUT2D eigenvalue weighted by atomic mass is 10.0. The van der Waals surface area contributed by atoms with Crippen molar-refractivity contribution in [3.05, 3.63) is 52.0 Å². The molecule has 0 unspecified atom stereocenters. The highest BCUT2D eigenvalue weighted by molar-refractivity contribution is 6.42. The van der Waals surface area contributed by atoms with Crippen LogP contribution in [0, 0.1) is 0 Å². The number of piperidine rings is 1. The number of hydrogen-bond donors (Lipinski definition) is 2. The molecule has 6 nitrogen and oxygen atoms in total. The van der Waals surface area contributed by atoms with E-state index in [-0.39, 0.29) is 18.0 Å². The van der Waals surface area contributed by atoms with Crippen molar-refractivity contribution in [3.63, 3.8) is 0 Å². The molecule has 2 aliphatic rings. The van der Waals surface area contributed by atoms with Gasteiger partial charge in [-0.25, -0.2) is 4.79 Å². The highest BCUT2D eigenvalue weighted by Crippen LogP contribution is 2.29. The number of rotatable bonds is 3. The molecular weight excluding hydrogens is 413 g/mol. The Morgan fingerprint density at radius 1 is 1.07 bits per heavy atom. The van der Waals surface area contributed by atoms with E-state index in [1.165, 1.54) is 0 Å². The van der Waals surface area contributed by atoms with Gasteiger partial charge in [0.25, 0.3) is 0 Å². The number of amides is 3. The maximum Gasteiger partial charge on any atom is 0.321 e. The van der Waals surface area contributed by atoms with Crippen LogP contribution < -0.4 is 15.4 Å². The monoisotopic (exact) mass is 433 g/mol. The number of likely N-dealkylation sites (tertiary alicyclic amines) is 1. The van der Waals surface area contributed by atoms with E-state index in [9.17, 15) is 9.59 Å². The summed E-state index contributed by atoms with van der Waals surface area (Å²) in [5, 5.41) is 6.58. The first-order valence-electron chi connectivity index (χ1n) is 9.58. The molecular formula is C21H21Cl2N3O3. The number of benzene rings is 2. The van der Waals surface area contributed by atoms with Crippen LogP contribution in [0.15, 0.2) is 36.4 Å². The standard InChI is InChI=1S/C21H21Cl2N3O3/c22-17-4-2-14(12-18(17)23)24-21(28)26-9-7-15(8-10-26)29-16-3-5-19-13(11-16)1-6-20(27)25-19/h2-5,11-12,15H,1,6-10H2,(H,24,28)(H,25,27). The number of carbonyl (C=O) groups excluding carboxylic acids is 2. The fourth-order valence-electron chi connectivity index (χ4n) is 3.58. The summed E-state index contributed by atoms with van der Waals surface area (Å²) in [5.74, 6) is 0.858. The fraction of sp³-hybridized carbons (Fsp3) is 0.333. The van der Waals surface area contributed by atoms with Crippen molar-refractivity contribution in [3.8, 4) is 5.75 Å². The fourth-order valence-corrected chi connectivity index (χ4v) is 3.88. The number of anilines is 2. The Balaban J connectivity index is 1.29. The predicted molar refractivity (Wildman–Crippen MR) is 114 cm³/mol. The zero-order valence-electron chi connectivity index (χ0n) is 15.7. The van der Waals surface area contributed by atoms with Crippen LogP contribution in [0.1, 0.15) is 24.8 Å². The number of ether oxygens (including phenoxy) is 1. The first-order valence-corrected chi connectivity index (χ1v) is 10.3. The molecule has 0 bridgehead atoms. The summed E-state index contributed by atoms with van der Waals surface area (Å²) < 4.78 is 6.12. The van der Waals surface area contributed by atoms with Crippen LogP contribution in [0.5, 0.6) is 5.75 Å². The van der Waals surface area contributed by atoms with Crippen LogP contribution in [0.2, 0.25) is 10.0 Å². The van der Waals surface area contributed by atoms with Gasteiger partial charge in [-0.15, -0.1) is 0 Å². The molecule has 2 aromatic carbocycles. The average molecular weight is 434 g/mol. The van der Waals surface area contributed by atoms with Crippen molar-refractivity contribution in [2.45, 2.75) is 31.8 Å². The van der Waals surface area contributed by atoms with E-state index in [2.05, 4.69) is 10.6 Å². The molecule has 0 aromatic heterocycles. The van der Waals surface area contributed by atoms with Crippen molar-refractivity contribution in [1.82, 2.24) is 4.90 Å². The number of aryl methyl sites for hydroxylation is 1. The van der Waals surface area contributed by atoms with Crippen molar-refractivity contribution in [2.75, 3.05) is 23.7 Å². The van der Waals surface area contributed by atoms with Crippen LogP contribution in [-0.2, 0) is 11.2 Å². The molecule has 8 heteroatoms. The largest absolute Gasteiger partial charge is 0.490 e. The van der Waals surface area contributed by atoms with Gasteiger partial charge in [0.1, 0.15) is 11.9 Å². The third kappa shape index (κ3) is 4.77. The van der Waals surface area contributed by atoms with Crippen LogP contribution in [0.25, 0.3) is 0 Å². The second-order valence-electron chi connectivity index (χ2n) is 7.23. The average Bonchev–Trinajstić information content (AvgIpc) is 2.71. The summed E-state index contributed by atoms with van der Waals surface area (Å²) in [4.78, 5) is 25.7. The summed E-state index contributed by atoms with van der Waals surface area (Å²) in [6.07, 6.45) is 2.79. The molecule has 3 amide bonds. The van der Waals surface area contributed by atoms with Gasteiger partial charge in [-0.1, -0.05) is 23.2 Å². The van der Waals surface area contributed by atoms with Crippen molar-refractivity contribution in [1.29, 1.82) is 0 Å². The minimum Gasteiger partial charge on any atom is -0.490 e. The van der Waals surface area contributed by atoms with E-state index < -0.39 is 0 Å². The van der Waals surface area contributed by atoms with Gasteiger partial charge in [0, 0.05) is 43.7 Å². The van der Waals surface area contributed by atoms with E-state index in [1.54, 1.807) is 23.1 Å². The molecule has 0 aliphatic carbocycles. The van der Waals surface area contributed by atoms with E-state index in [1.807, 2.05) is 18.2 Å². The predicted octanol–water partition coefficient (Wildman–Crippen LogP) is 4.95. The Bertz CT molecular complexity index is 943. The molecule has 152 valence electrons. The maximum atomic E-state index is 12.5. The van der Waals surface area contributed by atoms with Crippen LogP contribution in [-0.4, -0.2) is 36.0 Å². The zero-order chi connectivity index (χ0) is 20.4. The second kappa shape index (κ2) is 8.51. The number of hydrogen-bond acceptors (Lipinski definition) is 3. The highest BCUT2D eigenvalue weighted by Gasteiger charge is 2.24. The number of fused-ring (bicyclic) bond motifs is 1. The first-order chi connectivity index (χ1) is 14.0. The molecule has 4 rings (SSSR count). The van der Waals surface area contributed by atoms with Crippen LogP contribution >= 0.6 is 23.2 Å². The Kier molecular flexibility index (Phi) is 5.83. The first kappa shape index (κ1) is 19.9. The van der Waals surface area contributed by atoms with Gasteiger partial charge in [0.05, 0.1) is 10.0 Å². The summed E-state index contributed by atoms with van der Waals surface area (Å²) >= 11 is 11.9. The topological polar surface area (TPSA) is 70.7 Å². The molecule has 2 aromatic rings. The lowest BCUT2D eigenvalue weighted by Crippen LogP contribution is -2.43. The summed E-state index contributed by atoms with van der Waals surface area (Å²) in [6.45, 7) is 1.22. The lowest BCUT2D eigenvalue weighted by Gasteiger charge is -2.32. The summed E-state index contributed by atoms with van der Waals surface area (Å²) in [7, 11) is 0. The smallest absolute Gasteiger partial charge is 0.321 e. The normalized spacial score (nSPS) is 16.8. The third-order valence-corrected chi connectivity index (χ3v) is 5.91.